The van der Waals surface area contributed by atoms with Crippen LogP contribution in [0.3, 0.4) is 0 Å². The van der Waals surface area contributed by atoms with Crippen LogP contribution in [-0.2, 0) is 14.8 Å². The molecule has 0 unspecified atom stereocenters. The molecule has 2 aromatic carbocycles. The number of methoxy groups -OCH3 is 2. The molecule has 0 aliphatic rings. The highest BCUT2D eigenvalue weighted by atomic mass is 32.2. The molecule has 10 heteroatoms. The third-order valence-corrected chi connectivity index (χ3v) is 5.54. The molecular formula is C21H27N3O6S. The quantitative estimate of drug-likeness (QED) is 0.441. The van der Waals surface area contributed by atoms with Gasteiger partial charge in [0, 0.05) is 5.56 Å². The minimum absolute atomic E-state index is 0.340. The van der Waals surface area contributed by atoms with E-state index in [1.165, 1.54) is 27.4 Å². The number of hydrazone groups is 1. The summed E-state index contributed by atoms with van der Waals surface area (Å²) in [6.45, 7) is 3.82. The normalized spacial score (nSPS) is 12.3. The number of ether oxygens (including phenoxy) is 3. The van der Waals surface area contributed by atoms with E-state index in [1.807, 2.05) is 6.92 Å². The van der Waals surface area contributed by atoms with Gasteiger partial charge in [-0.15, -0.1) is 0 Å². The number of benzene rings is 2. The molecule has 31 heavy (non-hydrogen) atoms. The number of carbonyl (C=O) groups is 1. The summed E-state index contributed by atoms with van der Waals surface area (Å²) in [7, 11) is -0.727. The highest BCUT2D eigenvalue weighted by Crippen LogP contribution is 2.29. The zero-order chi connectivity index (χ0) is 23.0. The summed E-state index contributed by atoms with van der Waals surface area (Å²) in [4.78, 5) is 12.6. The molecule has 0 aliphatic heterocycles. The summed E-state index contributed by atoms with van der Waals surface area (Å²) < 4.78 is 41.7. The van der Waals surface area contributed by atoms with Crippen LogP contribution < -0.4 is 23.9 Å². The smallest absolute Gasteiger partial charge is 0.263 e. The van der Waals surface area contributed by atoms with Crippen molar-refractivity contribution < 1.29 is 27.4 Å². The van der Waals surface area contributed by atoms with Gasteiger partial charge in [0.25, 0.3) is 5.91 Å². The second kappa shape index (κ2) is 10.7. The van der Waals surface area contributed by atoms with Crippen molar-refractivity contribution in [3.8, 4) is 17.2 Å². The van der Waals surface area contributed by atoms with E-state index in [2.05, 4.69) is 10.5 Å². The van der Waals surface area contributed by atoms with Crippen molar-refractivity contribution in [3.05, 3.63) is 48.0 Å². The Kier molecular flexibility index (Phi) is 8.26. The van der Waals surface area contributed by atoms with Gasteiger partial charge in [-0.2, -0.15) is 5.10 Å². The molecule has 0 spiro atoms. The topological polar surface area (TPSA) is 107 Å². The molecule has 0 heterocycles. The van der Waals surface area contributed by atoms with Crippen molar-refractivity contribution in [2.45, 2.75) is 19.9 Å². The number of nitrogens with zero attached hydrogens (tertiary/aromatic N) is 2. The van der Waals surface area contributed by atoms with Gasteiger partial charge in [-0.1, -0.05) is 6.07 Å². The van der Waals surface area contributed by atoms with Gasteiger partial charge in [-0.3, -0.25) is 9.10 Å². The Hall–Kier alpha value is -3.27. The first-order valence-electron chi connectivity index (χ1n) is 9.49. The summed E-state index contributed by atoms with van der Waals surface area (Å²) in [6, 6.07) is 10.6. The first-order chi connectivity index (χ1) is 14.7. The van der Waals surface area contributed by atoms with E-state index in [9.17, 15) is 13.2 Å². The number of rotatable bonds is 10. The second-order valence-corrected chi connectivity index (χ2v) is 8.34. The Morgan fingerprint density at radius 2 is 1.84 bits per heavy atom. The third-order valence-electron chi connectivity index (χ3n) is 4.30. The number of sulfonamides is 1. The fraction of sp³-hybridized carbons (Fsp3) is 0.333. The molecule has 0 bridgehead atoms. The van der Waals surface area contributed by atoms with Crippen LogP contribution in [0, 0.1) is 0 Å². The van der Waals surface area contributed by atoms with Gasteiger partial charge in [0.15, 0.2) is 11.5 Å². The molecule has 1 N–H and O–H groups in total. The van der Waals surface area contributed by atoms with E-state index in [1.54, 1.807) is 42.5 Å². The fourth-order valence-corrected chi connectivity index (χ4v) is 4.11. The van der Waals surface area contributed by atoms with Crippen LogP contribution in [0.15, 0.2) is 47.6 Å². The van der Waals surface area contributed by atoms with Crippen LogP contribution in [0.1, 0.15) is 19.4 Å². The zero-order valence-corrected chi connectivity index (χ0v) is 19.0. The maximum Gasteiger partial charge on any atom is 0.263 e. The van der Waals surface area contributed by atoms with Gasteiger partial charge in [0.05, 0.1) is 39.0 Å². The van der Waals surface area contributed by atoms with E-state index in [0.29, 0.717) is 35.1 Å². The Labute approximate surface area is 182 Å². The predicted octanol–water partition coefficient (Wildman–Crippen LogP) is 2.41. The highest BCUT2D eigenvalue weighted by molar-refractivity contribution is 7.92. The van der Waals surface area contributed by atoms with E-state index in [4.69, 9.17) is 14.2 Å². The van der Waals surface area contributed by atoms with Crippen molar-refractivity contribution in [2.24, 2.45) is 5.10 Å². The summed E-state index contributed by atoms with van der Waals surface area (Å²) in [5, 5.41) is 3.94. The number of amides is 1. The van der Waals surface area contributed by atoms with Crippen LogP contribution in [0.4, 0.5) is 5.69 Å². The van der Waals surface area contributed by atoms with Crippen LogP contribution in [0.5, 0.6) is 17.2 Å². The fourth-order valence-electron chi connectivity index (χ4n) is 2.94. The minimum Gasteiger partial charge on any atom is -0.494 e. The van der Waals surface area contributed by atoms with Crippen molar-refractivity contribution in [2.75, 3.05) is 31.4 Å². The van der Waals surface area contributed by atoms with Gasteiger partial charge in [0.2, 0.25) is 10.0 Å². The minimum atomic E-state index is -3.74. The lowest BCUT2D eigenvalue weighted by atomic mass is 10.2. The van der Waals surface area contributed by atoms with E-state index >= 15 is 0 Å². The van der Waals surface area contributed by atoms with Gasteiger partial charge in [-0.25, -0.2) is 13.8 Å². The molecule has 0 saturated heterocycles. The van der Waals surface area contributed by atoms with Gasteiger partial charge in [-0.05, 0) is 50.2 Å². The van der Waals surface area contributed by atoms with Crippen molar-refractivity contribution >= 4 is 27.8 Å². The number of carbonyl (C=O) groups excluding carboxylic acids is 1. The summed E-state index contributed by atoms with van der Waals surface area (Å²) in [5.41, 5.74) is 3.30. The Bertz CT molecular complexity index is 1020. The number of hydrogen-bond acceptors (Lipinski definition) is 7. The highest BCUT2D eigenvalue weighted by Gasteiger charge is 2.29. The first-order valence-corrected chi connectivity index (χ1v) is 11.3. The summed E-state index contributed by atoms with van der Waals surface area (Å²) in [5.74, 6) is 0.985. The number of para-hydroxylation sites is 1. The van der Waals surface area contributed by atoms with Crippen LogP contribution in [-0.4, -0.2) is 53.7 Å². The SMILES string of the molecule is CCOc1ccc(N([C@H](C)C(=O)N/N=C\c2cccc(OC)c2OC)S(C)(=O)=O)cc1. The number of hydrogen-bond donors (Lipinski definition) is 1. The van der Waals surface area contributed by atoms with Gasteiger partial charge < -0.3 is 14.2 Å². The van der Waals surface area contributed by atoms with Crippen LogP contribution in [0.25, 0.3) is 0 Å². The molecule has 0 saturated carbocycles. The zero-order valence-electron chi connectivity index (χ0n) is 18.2. The molecule has 2 aromatic rings. The number of nitrogens with one attached hydrogen (secondary N) is 1. The summed E-state index contributed by atoms with van der Waals surface area (Å²) >= 11 is 0. The molecule has 0 radical (unpaired) electrons. The molecule has 0 aromatic heterocycles. The van der Waals surface area contributed by atoms with E-state index < -0.39 is 22.0 Å². The monoisotopic (exact) mass is 449 g/mol. The standard InChI is InChI=1S/C21H27N3O6S/c1-6-30-18-12-10-17(11-13-18)24(31(5,26)27)15(2)21(25)23-22-14-16-8-7-9-19(28-3)20(16)29-4/h7-15H,6H2,1-5H3,(H,23,25)/b22-14-/t15-/m1/s1. The predicted molar refractivity (Wildman–Crippen MR) is 120 cm³/mol. The lowest BCUT2D eigenvalue weighted by Gasteiger charge is -2.27. The number of anilines is 1. The Morgan fingerprint density at radius 1 is 1.16 bits per heavy atom. The third kappa shape index (κ3) is 6.11. The molecule has 9 nitrogen and oxygen atoms in total. The molecule has 0 fully saturated rings. The molecule has 168 valence electrons. The Balaban J connectivity index is 2.20. The average Bonchev–Trinajstić information content (AvgIpc) is 2.73. The van der Waals surface area contributed by atoms with Crippen molar-refractivity contribution in [1.29, 1.82) is 0 Å². The summed E-state index contributed by atoms with van der Waals surface area (Å²) in [6.07, 6.45) is 2.44. The van der Waals surface area contributed by atoms with E-state index in [-0.39, 0.29) is 0 Å². The Morgan fingerprint density at radius 3 is 2.39 bits per heavy atom. The first kappa shape index (κ1) is 24.0. The van der Waals surface area contributed by atoms with Crippen molar-refractivity contribution in [3.63, 3.8) is 0 Å². The van der Waals surface area contributed by atoms with Gasteiger partial charge >= 0.3 is 0 Å². The van der Waals surface area contributed by atoms with Crippen molar-refractivity contribution in [1.82, 2.24) is 5.43 Å². The maximum absolute atomic E-state index is 12.6. The average molecular weight is 450 g/mol. The molecule has 1 amide bonds. The maximum atomic E-state index is 12.6. The van der Waals surface area contributed by atoms with E-state index in [0.717, 1.165) is 10.6 Å². The van der Waals surface area contributed by atoms with Crippen LogP contribution in [0.2, 0.25) is 0 Å². The molecular weight excluding hydrogens is 422 g/mol. The van der Waals surface area contributed by atoms with Crippen LogP contribution >= 0.6 is 0 Å². The largest absolute Gasteiger partial charge is 0.494 e. The van der Waals surface area contributed by atoms with Gasteiger partial charge in [0.1, 0.15) is 11.8 Å². The lowest BCUT2D eigenvalue weighted by Crippen LogP contribution is -2.46. The second-order valence-electron chi connectivity index (χ2n) is 6.48. The molecule has 2 rings (SSSR count). The molecule has 0 aliphatic carbocycles. The molecule has 1 atom stereocenters. The lowest BCUT2D eigenvalue weighted by molar-refractivity contribution is -0.121.